The Hall–Kier alpha value is 0.650. The molecule has 0 aliphatic carbocycles. The highest BCUT2D eigenvalue weighted by Gasteiger charge is 1.89. The Kier molecular flexibility index (Phi) is 27.3. The van der Waals surface area contributed by atoms with E-state index in [1.165, 1.54) is 32.1 Å². The summed E-state index contributed by atoms with van der Waals surface area (Å²) < 4.78 is 4.93. The second-order valence-corrected chi connectivity index (χ2v) is 2.84. The van der Waals surface area contributed by atoms with Crippen LogP contribution in [0.1, 0.15) is 46.0 Å². The van der Waals surface area contributed by atoms with Gasteiger partial charge >= 0.3 is 0 Å². The molecule has 0 rings (SSSR count). The number of unbranched alkanes of at least 4 members (excludes halogenated alkanes) is 5. The summed E-state index contributed by atoms with van der Waals surface area (Å²) in [5.74, 6) is 0. The van der Waals surface area contributed by atoms with E-state index in [0.29, 0.717) is 6.61 Å². The van der Waals surface area contributed by atoms with Crippen LogP contribution in [0.4, 0.5) is 0 Å². The molecule has 0 aromatic rings. The van der Waals surface area contributed by atoms with E-state index >= 15 is 0 Å². The predicted molar refractivity (Wildman–Crippen MR) is 68.8 cm³/mol. The molecule has 0 radical (unpaired) electrons. The zero-order chi connectivity index (χ0) is 8.36. The topological polar surface area (TPSA) is 29.5 Å². The summed E-state index contributed by atoms with van der Waals surface area (Å²) in [5.41, 5.74) is 0. The average Bonchev–Trinajstić information content (AvgIpc) is 2.03. The van der Waals surface area contributed by atoms with Crippen LogP contribution in [-0.4, -0.2) is 25.4 Å². The maximum absolute atomic E-state index is 8.49. The molecule has 0 bridgehead atoms. The molecule has 0 aromatic heterocycles. The Morgan fingerprint density at radius 3 is 1.85 bits per heavy atom. The van der Waals surface area contributed by atoms with Gasteiger partial charge in [-0.25, -0.2) is 0 Å². The van der Waals surface area contributed by atoms with E-state index in [4.69, 9.17) is 9.84 Å². The van der Waals surface area contributed by atoms with Crippen LogP contribution in [-0.2, 0) is 4.74 Å². The Labute approximate surface area is 100 Å². The Morgan fingerprint density at radius 2 is 1.38 bits per heavy atom. The van der Waals surface area contributed by atoms with Gasteiger partial charge in [0.15, 0.2) is 0 Å². The molecule has 0 saturated carbocycles. The van der Waals surface area contributed by atoms with Crippen LogP contribution in [0.3, 0.4) is 0 Å². The fourth-order valence-corrected chi connectivity index (χ4v) is 1.07. The summed E-state index contributed by atoms with van der Waals surface area (Å²) >= 11 is 0. The molecule has 2 nitrogen and oxygen atoms in total. The normalized spacial score (nSPS) is 8.77. The summed E-state index contributed by atoms with van der Waals surface area (Å²) in [7, 11) is 1.74. The van der Waals surface area contributed by atoms with Crippen molar-refractivity contribution in [2.75, 3.05) is 20.3 Å². The molecule has 0 unspecified atom stereocenters. The second kappa shape index (κ2) is 18.4. The largest absolute Gasteiger partial charge is 0.396 e. The molecule has 0 spiro atoms. The van der Waals surface area contributed by atoms with Gasteiger partial charge in [-0.1, -0.05) is 33.1 Å². The van der Waals surface area contributed by atoms with Crippen molar-refractivity contribution in [3.8, 4) is 0 Å². The molecular weight excluding hydrogens is 279 g/mol. The van der Waals surface area contributed by atoms with Gasteiger partial charge in [-0.05, 0) is 12.8 Å². The first-order valence-corrected chi connectivity index (χ1v) is 4.51. The number of hydrogen-bond acceptors (Lipinski definition) is 2. The van der Waals surface area contributed by atoms with E-state index in [0.717, 1.165) is 13.0 Å². The first kappa shape index (κ1) is 19.3. The van der Waals surface area contributed by atoms with Crippen molar-refractivity contribution < 1.29 is 9.84 Å². The van der Waals surface area contributed by atoms with Gasteiger partial charge < -0.3 is 9.84 Å². The lowest BCUT2D eigenvalue weighted by atomic mass is 10.1. The molecule has 84 valence electrons. The molecule has 0 aliphatic heterocycles. The zero-order valence-corrected chi connectivity index (χ0v) is 10.3. The quantitative estimate of drug-likeness (QED) is 0.551. The van der Waals surface area contributed by atoms with Gasteiger partial charge in [-0.2, -0.15) is 0 Å². The molecule has 1 N–H and O–H groups in total. The maximum Gasteiger partial charge on any atom is 0.0462 e. The van der Waals surface area contributed by atoms with E-state index in [-0.39, 0.29) is 31.4 Å². The van der Waals surface area contributed by atoms with E-state index in [1.807, 2.05) is 0 Å². The molecule has 3 heteroatoms. The minimum atomic E-state index is 0. The van der Waals surface area contributed by atoms with Crippen LogP contribution in [0.15, 0.2) is 0 Å². The zero-order valence-electron chi connectivity index (χ0n) is 7.92. The number of aliphatic hydroxyl groups is 1. The molecule has 0 saturated heterocycles. The predicted octanol–water partition coefficient (Wildman–Crippen LogP) is 3.22. The van der Waals surface area contributed by atoms with Gasteiger partial charge in [0.05, 0.1) is 0 Å². The summed E-state index contributed by atoms with van der Waals surface area (Å²) in [5, 5.41) is 8.49. The van der Waals surface area contributed by atoms with E-state index in [1.54, 1.807) is 7.11 Å². The standard InChI is InChI=1S/C9H20O2.CH4.HI/c1-11-9-7-5-3-2-4-6-8-10;;/h10H,2-9H2,1H3;1H4;1H. The first-order chi connectivity index (χ1) is 5.41. The van der Waals surface area contributed by atoms with E-state index in [2.05, 4.69) is 0 Å². The van der Waals surface area contributed by atoms with Gasteiger partial charge in [-0.15, -0.1) is 24.0 Å². The number of aliphatic hydroxyl groups excluding tert-OH is 1. The maximum atomic E-state index is 8.49. The van der Waals surface area contributed by atoms with Crippen molar-refractivity contribution in [2.24, 2.45) is 0 Å². The van der Waals surface area contributed by atoms with Crippen molar-refractivity contribution in [3.05, 3.63) is 0 Å². The molecule has 0 amide bonds. The van der Waals surface area contributed by atoms with Crippen LogP contribution in [0.2, 0.25) is 0 Å². The highest BCUT2D eigenvalue weighted by Crippen LogP contribution is 2.04. The fraction of sp³-hybridized carbons (Fsp3) is 1.00. The van der Waals surface area contributed by atoms with Crippen molar-refractivity contribution in [2.45, 2.75) is 46.0 Å². The number of methoxy groups -OCH3 is 1. The molecular formula is C10H25IO2. The smallest absolute Gasteiger partial charge is 0.0462 e. The highest BCUT2D eigenvalue weighted by atomic mass is 127. The van der Waals surface area contributed by atoms with E-state index in [9.17, 15) is 0 Å². The Morgan fingerprint density at radius 1 is 0.923 bits per heavy atom. The van der Waals surface area contributed by atoms with Crippen molar-refractivity contribution in [1.82, 2.24) is 0 Å². The number of hydrogen-bond donors (Lipinski definition) is 1. The van der Waals surface area contributed by atoms with Gasteiger partial charge in [-0.3, -0.25) is 0 Å². The Bertz CT molecular complexity index is 61.9. The second-order valence-electron chi connectivity index (χ2n) is 2.84. The molecule has 13 heavy (non-hydrogen) atoms. The molecule has 0 heterocycles. The van der Waals surface area contributed by atoms with Crippen molar-refractivity contribution in [3.63, 3.8) is 0 Å². The first-order valence-electron chi connectivity index (χ1n) is 4.51. The summed E-state index contributed by atoms with van der Waals surface area (Å²) in [4.78, 5) is 0. The van der Waals surface area contributed by atoms with Crippen LogP contribution < -0.4 is 0 Å². The molecule has 0 aromatic carbocycles. The third-order valence-electron chi connectivity index (χ3n) is 1.76. The number of halogens is 1. The van der Waals surface area contributed by atoms with Gasteiger partial charge in [0.25, 0.3) is 0 Å². The van der Waals surface area contributed by atoms with Crippen LogP contribution in [0.5, 0.6) is 0 Å². The summed E-state index contributed by atoms with van der Waals surface area (Å²) in [6.07, 6.45) is 7.11. The molecule has 0 atom stereocenters. The summed E-state index contributed by atoms with van der Waals surface area (Å²) in [6.45, 7) is 1.23. The fourth-order valence-electron chi connectivity index (χ4n) is 1.07. The SMILES string of the molecule is C.COCCCCCCCCO.I. The Balaban J connectivity index is -0.000000500. The van der Waals surface area contributed by atoms with Crippen LogP contribution in [0, 0.1) is 0 Å². The van der Waals surface area contributed by atoms with Crippen molar-refractivity contribution >= 4 is 24.0 Å². The monoisotopic (exact) mass is 304 g/mol. The molecule has 0 aliphatic rings. The molecule has 0 fully saturated rings. The lowest BCUT2D eigenvalue weighted by Crippen LogP contribution is -1.88. The van der Waals surface area contributed by atoms with Crippen LogP contribution >= 0.6 is 24.0 Å². The average molecular weight is 304 g/mol. The van der Waals surface area contributed by atoms with E-state index < -0.39 is 0 Å². The van der Waals surface area contributed by atoms with Crippen LogP contribution in [0.25, 0.3) is 0 Å². The highest BCUT2D eigenvalue weighted by molar-refractivity contribution is 14.0. The lowest BCUT2D eigenvalue weighted by Gasteiger charge is -1.99. The van der Waals surface area contributed by atoms with Gasteiger partial charge in [0.1, 0.15) is 0 Å². The lowest BCUT2D eigenvalue weighted by molar-refractivity contribution is 0.191. The van der Waals surface area contributed by atoms with Gasteiger partial charge in [0, 0.05) is 20.3 Å². The van der Waals surface area contributed by atoms with Crippen molar-refractivity contribution in [1.29, 1.82) is 0 Å². The minimum Gasteiger partial charge on any atom is -0.396 e. The minimum absolute atomic E-state index is 0. The third-order valence-corrected chi connectivity index (χ3v) is 1.76. The summed E-state index contributed by atoms with van der Waals surface area (Å²) in [6, 6.07) is 0. The number of rotatable bonds is 8. The number of ether oxygens (including phenoxy) is 1. The third kappa shape index (κ3) is 19.2. The van der Waals surface area contributed by atoms with Gasteiger partial charge in [0.2, 0.25) is 0 Å².